The summed E-state index contributed by atoms with van der Waals surface area (Å²) in [6, 6.07) is 15.4. The Kier molecular flexibility index (Phi) is 5.16. The van der Waals surface area contributed by atoms with Gasteiger partial charge < -0.3 is 9.30 Å². The zero-order valence-electron chi connectivity index (χ0n) is 14.3. The molecule has 25 heavy (non-hydrogen) atoms. The van der Waals surface area contributed by atoms with Gasteiger partial charge in [-0.25, -0.2) is 0 Å². The van der Waals surface area contributed by atoms with Crippen LogP contribution in [0, 0.1) is 13.8 Å². The second-order valence-corrected chi connectivity index (χ2v) is 6.56. The van der Waals surface area contributed by atoms with Gasteiger partial charge in [0.05, 0.1) is 17.8 Å². The third-order valence-electron chi connectivity index (χ3n) is 4.02. The van der Waals surface area contributed by atoms with Crippen molar-refractivity contribution in [3.05, 3.63) is 75.5 Å². The van der Waals surface area contributed by atoms with Gasteiger partial charge in [-0.3, -0.25) is 4.99 Å². The van der Waals surface area contributed by atoms with Crippen molar-refractivity contribution in [3.8, 4) is 11.4 Å². The van der Waals surface area contributed by atoms with Gasteiger partial charge in [-0.2, -0.15) is 0 Å². The third-order valence-corrected chi connectivity index (χ3v) is 4.56. The first-order valence-corrected chi connectivity index (χ1v) is 8.57. The van der Waals surface area contributed by atoms with Crippen molar-refractivity contribution in [1.82, 2.24) is 4.57 Å². The summed E-state index contributed by atoms with van der Waals surface area (Å²) >= 11 is 12.3. The van der Waals surface area contributed by atoms with Crippen LogP contribution in [0.15, 0.2) is 53.5 Å². The van der Waals surface area contributed by atoms with Gasteiger partial charge in [0.1, 0.15) is 5.75 Å². The van der Waals surface area contributed by atoms with E-state index in [9.17, 15) is 0 Å². The van der Waals surface area contributed by atoms with E-state index >= 15 is 0 Å². The van der Waals surface area contributed by atoms with Crippen molar-refractivity contribution in [2.24, 2.45) is 4.99 Å². The van der Waals surface area contributed by atoms with Crippen LogP contribution in [0.1, 0.15) is 17.0 Å². The summed E-state index contributed by atoms with van der Waals surface area (Å²) in [7, 11) is 1.59. The molecule has 3 nitrogen and oxygen atoms in total. The monoisotopic (exact) mass is 372 g/mol. The molecule has 3 rings (SSSR count). The Hall–Kier alpha value is -2.23. The number of aromatic nitrogens is 1. The van der Waals surface area contributed by atoms with Crippen molar-refractivity contribution < 1.29 is 4.74 Å². The zero-order chi connectivity index (χ0) is 18.0. The maximum atomic E-state index is 6.15. The zero-order valence-corrected chi connectivity index (χ0v) is 15.8. The van der Waals surface area contributed by atoms with Gasteiger partial charge in [-0.15, -0.1) is 0 Å². The number of methoxy groups -OCH3 is 1. The first-order valence-electron chi connectivity index (χ1n) is 7.82. The minimum atomic E-state index is 0.543. The number of benzene rings is 2. The van der Waals surface area contributed by atoms with E-state index < -0.39 is 0 Å². The molecule has 3 aromatic rings. The van der Waals surface area contributed by atoms with Crippen molar-refractivity contribution in [1.29, 1.82) is 0 Å². The molecule has 0 bridgehead atoms. The van der Waals surface area contributed by atoms with Crippen LogP contribution in [0.2, 0.25) is 10.0 Å². The lowest BCUT2D eigenvalue weighted by atomic mass is 10.2. The highest BCUT2D eigenvalue weighted by Gasteiger charge is 2.10. The van der Waals surface area contributed by atoms with Crippen LogP contribution < -0.4 is 4.74 Å². The van der Waals surface area contributed by atoms with E-state index in [1.54, 1.807) is 13.2 Å². The largest absolute Gasteiger partial charge is 0.495 e. The summed E-state index contributed by atoms with van der Waals surface area (Å²) in [6.45, 7) is 4.13. The molecule has 0 amide bonds. The Morgan fingerprint density at radius 2 is 1.84 bits per heavy atom. The maximum absolute atomic E-state index is 6.15. The first kappa shape index (κ1) is 17.6. The van der Waals surface area contributed by atoms with Crippen LogP contribution in [-0.2, 0) is 0 Å². The Balaban J connectivity index is 1.94. The molecular formula is C20H18Cl2N2O. The SMILES string of the molecule is COc1ccc(N=Cc2cc(C)n(-c3cccc(Cl)c3)c2C)cc1Cl. The summed E-state index contributed by atoms with van der Waals surface area (Å²) in [5.41, 5.74) is 5.08. The topological polar surface area (TPSA) is 26.5 Å². The number of aliphatic imine (C=N–C) groups is 1. The van der Waals surface area contributed by atoms with Gasteiger partial charge in [0.2, 0.25) is 0 Å². The molecule has 0 saturated heterocycles. The quantitative estimate of drug-likeness (QED) is 0.503. The second kappa shape index (κ2) is 7.34. The first-order chi connectivity index (χ1) is 12.0. The van der Waals surface area contributed by atoms with Crippen LogP contribution in [0.5, 0.6) is 5.75 Å². The molecule has 0 aliphatic carbocycles. The smallest absolute Gasteiger partial charge is 0.137 e. The fourth-order valence-corrected chi connectivity index (χ4v) is 3.25. The molecular weight excluding hydrogens is 355 g/mol. The highest BCUT2D eigenvalue weighted by Crippen LogP contribution is 2.29. The van der Waals surface area contributed by atoms with Crippen LogP contribution >= 0.6 is 23.2 Å². The molecule has 0 saturated carbocycles. The number of hydrogen-bond donors (Lipinski definition) is 0. The molecule has 2 aromatic carbocycles. The van der Waals surface area contributed by atoms with Gasteiger partial charge >= 0.3 is 0 Å². The van der Waals surface area contributed by atoms with Crippen LogP contribution in [-0.4, -0.2) is 17.9 Å². The molecule has 5 heteroatoms. The van der Waals surface area contributed by atoms with Gasteiger partial charge in [0.15, 0.2) is 0 Å². The molecule has 0 N–H and O–H groups in total. The fraction of sp³-hybridized carbons (Fsp3) is 0.150. The fourth-order valence-electron chi connectivity index (χ4n) is 2.81. The predicted octanol–water partition coefficient (Wildman–Crippen LogP) is 6.16. The number of nitrogens with zero attached hydrogens (tertiary/aromatic N) is 2. The minimum Gasteiger partial charge on any atom is -0.495 e. The van der Waals surface area contributed by atoms with E-state index in [4.69, 9.17) is 27.9 Å². The molecule has 0 radical (unpaired) electrons. The second-order valence-electron chi connectivity index (χ2n) is 5.72. The molecule has 128 valence electrons. The molecule has 1 heterocycles. The van der Waals surface area contributed by atoms with E-state index in [2.05, 4.69) is 29.5 Å². The lowest BCUT2D eigenvalue weighted by Gasteiger charge is -2.09. The maximum Gasteiger partial charge on any atom is 0.137 e. The number of rotatable bonds is 4. The Bertz CT molecular complexity index is 945. The summed E-state index contributed by atoms with van der Waals surface area (Å²) < 4.78 is 7.32. The van der Waals surface area contributed by atoms with E-state index in [1.807, 2.05) is 42.6 Å². The predicted molar refractivity (Wildman–Crippen MR) is 106 cm³/mol. The molecule has 1 aromatic heterocycles. The Morgan fingerprint density at radius 1 is 1.04 bits per heavy atom. The molecule has 0 atom stereocenters. The molecule has 0 unspecified atom stereocenters. The van der Waals surface area contributed by atoms with E-state index in [-0.39, 0.29) is 0 Å². The van der Waals surface area contributed by atoms with E-state index in [0.717, 1.165) is 28.3 Å². The summed E-state index contributed by atoms with van der Waals surface area (Å²) in [5, 5.41) is 1.26. The van der Waals surface area contributed by atoms with Crippen molar-refractivity contribution in [2.45, 2.75) is 13.8 Å². The highest BCUT2D eigenvalue weighted by molar-refractivity contribution is 6.32. The summed E-state index contributed by atoms with van der Waals surface area (Å²) in [4.78, 5) is 4.53. The summed E-state index contributed by atoms with van der Waals surface area (Å²) in [5.74, 6) is 0.639. The molecule has 0 spiro atoms. The van der Waals surface area contributed by atoms with Crippen LogP contribution in [0.25, 0.3) is 5.69 Å². The minimum absolute atomic E-state index is 0.543. The number of halogens is 2. The van der Waals surface area contributed by atoms with Gasteiger partial charge in [0, 0.05) is 33.9 Å². The number of hydrogen-bond acceptors (Lipinski definition) is 2. The van der Waals surface area contributed by atoms with Crippen molar-refractivity contribution in [3.63, 3.8) is 0 Å². The lowest BCUT2D eigenvalue weighted by molar-refractivity contribution is 0.415. The molecule has 0 fully saturated rings. The van der Waals surface area contributed by atoms with Crippen molar-refractivity contribution >= 4 is 35.1 Å². The number of aryl methyl sites for hydroxylation is 1. The average molecular weight is 373 g/mol. The Labute approximate surface area is 157 Å². The molecule has 0 aliphatic rings. The Morgan fingerprint density at radius 3 is 2.52 bits per heavy atom. The third kappa shape index (κ3) is 3.73. The molecule has 0 aliphatic heterocycles. The normalized spacial score (nSPS) is 11.2. The van der Waals surface area contributed by atoms with Crippen molar-refractivity contribution in [2.75, 3.05) is 7.11 Å². The standard InChI is InChI=1S/C20H18Cl2N2O/c1-13-9-15(12-23-17-7-8-20(25-3)19(22)11-17)14(2)24(13)18-6-4-5-16(21)10-18/h4-12H,1-3H3. The van der Waals surface area contributed by atoms with E-state index in [0.29, 0.717) is 15.8 Å². The number of ether oxygens (including phenoxy) is 1. The van der Waals surface area contributed by atoms with Gasteiger partial charge in [-0.05, 0) is 56.3 Å². The lowest BCUT2D eigenvalue weighted by Crippen LogP contribution is -1.99. The van der Waals surface area contributed by atoms with Crippen LogP contribution in [0.3, 0.4) is 0 Å². The van der Waals surface area contributed by atoms with Crippen LogP contribution in [0.4, 0.5) is 5.69 Å². The summed E-state index contributed by atoms with van der Waals surface area (Å²) in [6.07, 6.45) is 1.85. The van der Waals surface area contributed by atoms with Gasteiger partial charge in [0.25, 0.3) is 0 Å². The van der Waals surface area contributed by atoms with Gasteiger partial charge in [-0.1, -0.05) is 29.3 Å². The highest BCUT2D eigenvalue weighted by atomic mass is 35.5. The van der Waals surface area contributed by atoms with E-state index in [1.165, 1.54) is 0 Å². The average Bonchev–Trinajstić information content (AvgIpc) is 2.87.